The molecule has 7 nitrogen and oxygen atoms in total. The van der Waals surface area contributed by atoms with Crippen molar-refractivity contribution in [2.75, 3.05) is 13.6 Å². The highest BCUT2D eigenvalue weighted by Gasteiger charge is 2.19. The van der Waals surface area contributed by atoms with Crippen molar-refractivity contribution in [3.05, 3.63) is 66.0 Å². The van der Waals surface area contributed by atoms with E-state index in [9.17, 15) is 0 Å². The Balaban J connectivity index is 1.68. The van der Waals surface area contributed by atoms with Crippen molar-refractivity contribution in [3.8, 4) is 17.1 Å². The molecule has 0 spiro atoms. The van der Waals surface area contributed by atoms with Crippen LogP contribution in [0.25, 0.3) is 28.9 Å². The molecule has 1 aromatic carbocycles. The summed E-state index contributed by atoms with van der Waals surface area (Å²) in [4.78, 5) is 11.5. The van der Waals surface area contributed by atoms with E-state index in [1.54, 1.807) is 10.9 Å². The molecule has 0 saturated heterocycles. The number of hydrogen-bond donors (Lipinski definition) is 0. The zero-order valence-electron chi connectivity index (χ0n) is 17.4. The molecule has 0 radical (unpaired) electrons. The van der Waals surface area contributed by atoms with E-state index < -0.39 is 0 Å². The molecule has 3 aromatic heterocycles. The normalized spacial score (nSPS) is 18.3. The largest absolute Gasteiger partial charge is 0.473 e. The van der Waals surface area contributed by atoms with Crippen LogP contribution in [0, 0.1) is 0 Å². The van der Waals surface area contributed by atoms with E-state index in [-0.39, 0.29) is 6.10 Å². The van der Waals surface area contributed by atoms with Gasteiger partial charge in [-0.25, -0.2) is 9.67 Å². The highest BCUT2D eigenvalue weighted by atomic mass is 16.5. The van der Waals surface area contributed by atoms with E-state index in [1.807, 2.05) is 30.0 Å². The third-order valence-electron chi connectivity index (χ3n) is 5.39. The molecule has 152 valence electrons. The molecule has 0 fully saturated rings. The highest BCUT2D eigenvalue weighted by Crippen LogP contribution is 2.29. The summed E-state index contributed by atoms with van der Waals surface area (Å²) in [7, 11) is 4.01. The highest BCUT2D eigenvalue weighted by molar-refractivity contribution is 5.71. The lowest BCUT2D eigenvalue weighted by molar-refractivity contribution is 0.148. The van der Waals surface area contributed by atoms with Gasteiger partial charge in [-0.1, -0.05) is 30.3 Å². The molecule has 7 heteroatoms. The molecule has 0 saturated carbocycles. The van der Waals surface area contributed by atoms with Crippen LogP contribution in [-0.2, 0) is 13.6 Å². The second-order valence-electron chi connectivity index (χ2n) is 7.83. The van der Waals surface area contributed by atoms with Gasteiger partial charge in [0, 0.05) is 26.3 Å². The summed E-state index contributed by atoms with van der Waals surface area (Å²) < 4.78 is 10.1. The van der Waals surface area contributed by atoms with Crippen molar-refractivity contribution in [2.45, 2.75) is 19.6 Å². The topological polar surface area (TPSA) is 60.5 Å². The fourth-order valence-electron chi connectivity index (χ4n) is 3.95. The molecular weight excluding hydrogens is 376 g/mol. The third-order valence-corrected chi connectivity index (χ3v) is 5.39. The first kappa shape index (κ1) is 18.6. The standard InChI is InChI=1S/C23H24N6O/c1-16-13-27(2)14-18-7-5-4-6-17(18)8-9-22-25-11-19-10-24-21(15-29(19)22)20-12-26-28(3)23(20)30-16/h4-12,15-16H,13-14H2,1-3H3/b9-8+/t16-/m0/s1. The Labute approximate surface area is 175 Å². The van der Waals surface area contributed by atoms with Gasteiger partial charge in [0.2, 0.25) is 5.88 Å². The Kier molecular flexibility index (Phi) is 4.59. The van der Waals surface area contributed by atoms with Crippen molar-refractivity contribution in [2.24, 2.45) is 7.05 Å². The van der Waals surface area contributed by atoms with Crippen LogP contribution in [0.15, 0.2) is 49.1 Å². The summed E-state index contributed by atoms with van der Waals surface area (Å²) in [5.41, 5.74) is 5.06. The number of fused-ring (bicyclic) bond motifs is 4. The summed E-state index contributed by atoms with van der Waals surface area (Å²) in [5.74, 6) is 1.57. The number of imidazole rings is 1. The molecule has 4 heterocycles. The van der Waals surface area contributed by atoms with Gasteiger partial charge in [0.15, 0.2) is 0 Å². The van der Waals surface area contributed by atoms with Gasteiger partial charge in [-0.05, 0) is 31.2 Å². The number of aryl methyl sites for hydroxylation is 1. The lowest BCUT2D eigenvalue weighted by atomic mass is 10.1. The average molecular weight is 400 g/mol. The van der Waals surface area contributed by atoms with Crippen LogP contribution in [0.3, 0.4) is 0 Å². The predicted molar refractivity (Wildman–Crippen MR) is 117 cm³/mol. The Morgan fingerprint density at radius 3 is 2.77 bits per heavy atom. The maximum atomic E-state index is 6.33. The van der Waals surface area contributed by atoms with Gasteiger partial charge >= 0.3 is 0 Å². The molecule has 5 rings (SSSR count). The quantitative estimate of drug-likeness (QED) is 0.452. The zero-order chi connectivity index (χ0) is 20.7. The van der Waals surface area contributed by atoms with Crippen LogP contribution < -0.4 is 4.74 Å². The smallest absolute Gasteiger partial charge is 0.221 e. The fraction of sp³-hybridized carbons (Fsp3) is 0.261. The van der Waals surface area contributed by atoms with Gasteiger partial charge in [-0.2, -0.15) is 5.10 Å². The molecule has 0 amide bonds. The van der Waals surface area contributed by atoms with Crippen LogP contribution in [0.1, 0.15) is 23.9 Å². The van der Waals surface area contributed by atoms with Gasteiger partial charge in [0.25, 0.3) is 0 Å². The van der Waals surface area contributed by atoms with E-state index in [1.165, 1.54) is 11.1 Å². The predicted octanol–water partition coefficient (Wildman–Crippen LogP) is 3.51. The van der Waals surface area contributed by atoms with Gasteiger partial charge in [0.1, 0.15) is 11.9 Å². The molecule has 2 bridgehead atoms. The minimum atomic E-state index is -0.00970. The Morgan fingerprint density at radius 1 is 1.03 bits per heavy atom. The van der Waals surface area contributed by atoms with Gasteiger partial charge in [0.05, 0.1) is 35.4 Å². The van der Waals surface area contributed by atoms with E-state index >= 15 is 0 Å². The molecule has 1 atom stereocenters. The first-order valence-electron chi connectivity index (χ1n) is 10.0. The Hall–Kier alpha value is -3.45. The van der Waals surface area contributed by atoms with Crippen LogP contribution in [0.5, 0.6) is 5.88 Å². The lowest BCUT2D eigenvalue weighted by Gasteiger charge is -2.23. The molecule has 1 aliphatic heterocycles. The molecule has 0 unspecified atom stereocenters. The average Bonchev–Trinajstić information content (AvgIpc) is 3.29. The monoisotopic (exact) mass is 400 g/mol. The van der Waals surface area contributed by atoms with Crippen LogP contribution in [-0.4, -0.2) is 48.7 Å². The van der Waals surface area contributed by atoms with E-state index in [4.69, 9.17) is 4.74 Å². The first-order valence-corrected chi connectivity index (χ1v) is 10.0. The second-order valence-corrected chi connectivity index (χ2v) is 7.83. The maximum Gasteiger partial charge on any atom is 0.221 e. The van der Waals surface area contributed by atoms with Crippen molar-refractivity contribution < 1.29 is 4.74 Å². The number of benzene rings is 1. The fourth-order valence-corrected chi connectivity index (χ4v) is 3.95. The Bertz CT molecular complexity index is 1240. The lowest BCUT2D eigenvalue weighted by Crippen LogP contribution is -2.31. The minimum absolute atomic E-state index is 0.00970. The summed E-state index contributed by atoms with van der Waals surface area (Å²) >= 11 is 0. The number of hydrogen-bond acceptors (Lipinski definition) is 5. The molecule has 0 aliphatic carbocycles. The van der Waals surface area contributed by atoms with E-state index in [0.717, 1.165) is 41.6 Å². The molecule has 0 N–H and O–H groups in total. The maximum absolute atomic E-state index is 6.33. The zero-order valence-corrected chi connectivity index (χ0v) is 17.4. The molecule has 30 heavy (non-hydrogen) atoms. The van der Waals surface area contributed by atoms with Crippen molar-refractivity contribution in [1.82, 2.24) is 29.0 Å². The third kappa shape index (κ3) is 3.37. The van der Waals surface area contributed by atoms with Crippen molar-refractivity contribution >= 4 is 17.7 Å². The molecule has 4 aromatic rings. The van der Waals surface area contributed by atoms with E-state index in [2.05, 4.69) is 70.4 Å². The van der Waals surface area contributed by atoms with Crippen LogP contribution >= 0.6 is 0 Å². The van der Waals surface area contributed by atoms with Crippen molar-refractivity contribution in [1.29, 1.82) is 0 Å². The first-order chi connectivity index (χ1) is 14.6. The molecule has 1 aliphatic rings. The number of likely N-dealkylation sites (N-methyl/N-ethyl adjacent to an activating group) is 1. The summed E-state index contributed by atoms with van der Waals surface area (Å²) in [5, 5.41) is 4.41. The Morgan fingerprint density at radius 2 is 1.87 bits per heavy atom. The van der Waals surface area contributed by atoms with Gasteiger partial charge in [-0.3, -0.25) is 14.3 Å². The van der Waals surface area contributed by atoms with Crippen molar-refractivity contribution in [3.63, 3.8) is 0 Å². The summed E-state index contributed by atoms with van der Waals surface area (Å²) in [6, 6.07) is 8.46. The summed E-state index contributed by atoms with van der Waals surface area (Å²) in [6.45, 7) is 3.71. The van der Waals surface area contributed by atoms with Gasteiger partial charge < -0.3 is 4.74 Å². The number of nitrogens with zero attached hydrogens (tertiary/aromatic N) is 6. The van der Waals surface area contributed by atoms with Crippen LogP contribution in [0.2, 0.25) is 0 Å². The van der Waals surface area contributed by atoms with E-state index in [0.29, 0.717) is 0 Å². The second kappa shape index (κ2) is 7.42. The minimum Gasteiger partial charge on any atom is -0.473 e. The number of ether oxygens (including phenoxy) is 1. The van der Waals surface area contributed by atoms with Gasteiger partial charge in [-0.15, -0.1) is 0 Å². The number of aromatic nitrogens is 5. The molecular formula is C23H24N6O. The van der Waals surface area contributed by atoms with Crippen LogP contribution in [0.4, 0.5) is 0 Å². The summed E-state index contributed by atoms with van der Waals surface area (Å²) in [6.07, 6.45) is 11.6. The number of rotatable bonds is 0. The SMILES string of the molecule is C[C@H]1CN(C)Cc2ccccc2/C=C/c2ncc3cnc(cn23)-c2cnn(C)c2O1.